The molecule has 0 aliphatic carbocycles. The van der Waals surface area contributed by atoms with Crippen LogP contribution in [-0.4, -0.2) is 41.9 Å². The molecule has 0 bridgehead atoms. The molecule has 0 saturated heterocycles. The fraction of sp³-hybridized carbons (Fsp3) is 0.522. The second kappa shape index (κ2) is 9.72. The zero-order valence-corrected chi connectivity index (χ0v) is 18.2. The first kappa shape index (κ1) is 22.7. The molecule has 6 heteroatoms. The predicted octanol–water partition coefficient (Wildman–Crippen LogP) is 3.31. The van der Waals surface area contributed by atoms with Crippen LogP contribution < -0.4 is 5.32 Å². The molecule has 1 aromatic carbocycles. The number of carbonyl (C=O) groups excluding carboxylic acids is 3. The molecule has 0 fully saturated rings. The summed E-state index contributed by atoms with van der Waals surface area (Å²) in [5.41, 5.74) is 2.89. The molecule has 2 amide bonds. The summed E-state index contributed by atoms with van der Waals surface area (Å²) in [5, 5.41) is 2.92. The molecule has 1 heterocycles. The van der Waals surface area contributed by atoms with Gasteiger partial charge in [-0.3, -0.25) is 9.59 Å². The molecule has 158 valence electrons. The van der Waals surface area contributed by atoms with Crippen molar-refractivity contribution in [1.82, 2.24) is 10.2 Å². The number of nitrogens with one attached hydrogen (secondary N) is 1. The van der Waals surface area contributed by atoms with Crippen LogP contribution in [0.1, 0.15) is 58.1 Å². The summed E-state index contributed by atoms with van der Waals surface area (Å²) in [7, 11) is 0. The highest BCUT2D eigenvalue weighted by Gasteiger charge is 2.37. The quantitative estimate of drug-likeness (QED) is 0.713. The molecule has 2 rings (SSSR count). The van der Waals surface area contributed by atoms with Crippen LogP contribution in [0, 0.1) is 12.8 Å². The number of allylic oxidation sites excluding steroid dienone is 1. The lowest BCUT2D eigenvalue weighted by atomic mass is 9.83. The van der Waals surface area contributed by atoms with Gasteiger partial charge in [0.05, 0.1) is 12.2 Å². The van der Waals surface area contributed by atoms with Crippen molar-refractivity contribution in [3.63, 3.8) is 0 Å². The van der Waals surface area contributed by atoms with Crippen LogP contribution in [0.15, 0.2) is 35.5 Å². The Balaban J connectivity index is 2.38. The van der Waals surface area contributed by atoms with Crippen molar-refractivity contribution >= 4 is 17.8 Å². The first-order valence-corrected chi connectivity index (χ1v) is 10.2. The molecular weight excluding hydrogens is 368 g/mol. The third kappa shape index (κ3) is 5.46. The van der Waals surface area contributed by atoms with E-state index in [1.54, 1.807) is 13.8 Å². The lowest BCUT2D eigenvalue weighted by Crippen LogP contribution is -2.46. The second-order valence-corrected chi connectivity index (χ2v) is 7.97. The van der Waals surface area contributed by atoms with Gasteiger partial charge in [0.25, 0.3) is 0 Å². The van der Waals surface area contributed by atoms with E-state index in [-0.39, 0.29) is 49.3 Å². The number of ether oxygens (including phenoxy) is 1. The summed E-state index contributed by atoms with van der Waals surface area (Å²) in [6.07, 6.45) is 0.127. The van der Waals surface area contributed by atoms with Crippen LogP contribution in [0.3, 0.4) is 0 Å². The SMILES string of the molecule is CCOC(=O)C1=C(C)N(CC(=O)NC(C)C(C)C)C(=O)CC1c1cccc(C)c1. The van der Waals surface area contributed by atoms with Gasteiger partial charge in [0.15, 0.2) is 0 Å². The van der Waals surface area contributed by atoms with Crippen LogP contribution >= 0.6 is 0 Å². The fourth-order valence-electron chi connectivity index (χ4n) is 3.46. The van der Waals surface area contributed by atoms with E-state index in [2.05, 4.69) is 5.32 Å². The van der Waals surface area contributed by atoms with E-state index in [1.165, 1.54) is 4.90 Å². The number of carbonyl (C=O) groups is 3. The van der Waals surface area contributed by atoms with Gasteiger partial charge >= 0.3 is 5.97 Å². The van der Waals surface area contributed by atoms with Crippen LogP contribution in [0.2, 0.25) is 0 Å². The Labute approximate surface area is 173 Å². The molecule has 0 aromatic heterocycles. The van der Waals surface area contributed by atoms with Gasteiger partial charge in [-0.2, -0.15) is 0 Å². The molecule has 0 spiro atoms. The number of esters is 1. The Kier molecular flexibility index (Phi) is 7.59. The van der Waals surface area contributed by atoms with Gasteiger partial charge in [-0.15, -0.1) is 0 Å². The number of hydrogen-bond donors (Lipinski definition) is 1. The molecule has 0 saturated carbocycles. The second-order valence-electron chi connectivity index (χ2n) is 7.97. The summed E-state index contributed by atoms with van der Waals surface area (Å²) < 4.78 is 5.28. The summed E-state index contributed by atoms with van der Waals surface area (Å²) >= 11 is 0. The molecule has 2 atom stereocenters. The van der Waals surface area contributed by atoms with E-state index in [0.29, 0.717) is 11.3 Å². The number of hydrogen-bond acceptors (Lipinski definition) is 4. The lowest BCUT2D eigenvalue weighted by Gasteiger charge is -2.34. The summed E-state index contributed by atoms with van der Waals surface area (Å²) in [5.74, 6) is -0.945. The Morgan fingerprint density at radius 3 is 2.52 bits per heavy atom. The molecule has 1 aliphatic rings. The predicted molar refractivity (Wildman–Crippen MR) is 112 cm³/mol. The summed E-state index contributed by atoms with van der Waals surface area (Å²) in [4.78, 5) is 39.6. The molecule has 1 N–H and O–H groups in total. The zero-order valence-electron chi connectivity index (χ0n) is 18.2. The summed E-state index contributed by atoms with van der Waals surface area (Å²) in [6.45, 7) is 11.6. The highest BCUT2D eigenvalue weighted by Crippen LogP contribution is 2.37. The van der Waals surface area contributed by atoms with Crippen molar-refractivity contribution in [2.24, 2.45) is 5.92 Å². The van der Waals surface area contributed by atoms with Gasteiger partial charge in [-0.05, 0) is 39.2 Å². The van der Waals surface area contributed by atoms with Crippen molar-refractivity contribution in [3.05, 3.63) is 46.7 Å². The first-order valence-electron chi connectivity index (χ1n) is 10.2. The first-order chi connectivity index (χ1) is 13.6. The van der Waals surface area contributed by atoms with Crippen LogP contribution in [0.4, 0.5) is 0 Å². The molecule has 2 unspecified atom stereocenters. The van der Waals surface area contributed by atoms with E-state index in [9.17, 15) is 14.4 Å². The molecular formula is C23H32N2O4. The van der Waals surface area contributed by atoms with Crippen molar-refractivity contribution in [2.75, 3.05) is 13.2 Å². The van der Waals surface area contributed by atoms with Crippen molar-refractivity contribution in [3.8, 4) is 0 Å². The minimum atomic E-state index is -0.440. The van der Waals surface area contributed by atoms with Crippen LogP contribution in [0.5, 0.6) is 0 Å². The Bertz CT molecular complexity index is 813. The largest absolute Gasteiger partial charge is 0.463 e. The van der Waals surface area contributed by atoms with Crippen LogP contribution in [-0.2, 0) is 19.1 Å². The lowest BCUT2D eigenvalue weighted by molar-refractivity contribution is -0.141. The smallest absolute Gasteiger partial charge is 0.336 e. The minimum Gasteiger partial charge on any atom is -0.463 e. The highest BCUT2D eigenvalue weighted by atomic mass is 16.5. The maximum atomic E-state index is 12.9. The Morgan fingerprint density at radius 2 is 1.93 bits per heavy atom. The number of rotatable bonds is 7. The standard InChI is InChI=1S/C23H32N2O4/c1-7-29-23(28)22-17(6)25(13-20(26)24-16(5)14(2)3)21(27)12-19(22)18-10-8-9-15(4)11-18/h8-11,14,16,19H,7,12-13H2,1-6H3,(H,24,26). The number of benzene rings is 1. The van der Waals surface area contributed by atoms with Crippen LogP contribution in [0.25, 0.3) is 0 Å². The summed E-state index contributed by atoms with van der Waals surface area (Å²) in [6, 6.07) is 7.79. The van der Waals surface area contributed by atoms with E-state index in [0.717, 1.165) is 11.1 Å². The van der Waals surface area contributed by atoms with Gasteiger partial charge in [0.2, 0.25) is 11.8 Å². The van der Waals surface area contributed by atoms with Gasteiger partial charge in [0, 0.05) is 24.1 Å². The fourth-order valence-corrected chi connectivity index (χ4v) is 3.46. The third-order valence-electron chi connectivity index (χ3n) is 5.45. The number of nitrogens with zero attached hydrogens (tertiary/aromatic N) is 1. The Morgan fingerprint density at radius 1 is 1.24 bits per heavy atom. The average molecular weight is 401 g/mol. The van der Waals surface area contributed by atoms with Crippen molar-refractivity contribution < 1.29 is 19.1 Å². The topological polar surface area (TPSA) is 75.7 Å². The van der Waals surface area contributed by atoms with Gasteiger partial charge in [-0.1, -0.05) is 43.7 Å². The molecule has 1 aromatic rings. The number of amides is 2. The number of aryl methyl sites for hydroxylation is 1. The highest BCUT2D eigenvalue weighted by molar-refractivity contribution is 5.97. The van der Waals surface area contributed by atoms with Gasteiger partial charge < -0.3 is 15.0 Å². The maximum absolute atomic E-state index is 12.9. The molecule has 29 heavy (non-hydrogen) atoms. The van der Waals surface area contributed by atoms with E-state index in [1.807, 2.05) is 52.0 Å². The normalized spacial score (nSPS) is 18.1. The zero-order chi connectivity index (χ0) is 21.7. The van der Waals surface area contributed by atoms with Gasteiger partial charge in [-0.25, -0.2) is 4.79 Å². The van der Waals surface area contributed by atoms with Crippen molar-refractivity contribution in [2.45, 2.75) is 59.9 Å². The third-order valence-corrected chi connectivity index (χ3v) is 5.45. The maximum Gasteiger partial charge on any atom is 0.336 e. The average Bonchev–Trinajstić information content (AvgIpc) is 2.64. The van der Waals surface area contributed by atoms with E-state index in [4.69, 9.17) is 4.74 Å². The monoisotopic (exact) mass is 400 g/mol. The van der Waals surface area contributed by atoms with E-state index < -0.39 is 5.97 Å². The molecule has 0 radical (unpaired) electrons. The Hall–Kier alpha value is -2.63. The van der Waals surface area contributed by atoms with Crippen molar-refractivity contribution in [1.29, 1.82) is 0 Å². The molecule has 1 aliphatic heterocycles. The minimum absolute atomic E-state index is 0.00347. The van der Waals surface area contributed by atoms with Gasteiger partial charge in [0.1, 0.15) is 6.54 Å². The van der Waals surface area contributed by atoms with E-state index >= 15 is 0 Å². The molecule has 6 nitrogen and oxygen atoms in total.